The van der Waals surface area contributed by atoms with Crippen molar-refractivity contribution in [2.75, 3.05) is 13.2 Å². The van der Waals surface area contributed by atoms with Crippen molar-refractivity contribution in [2.24, 2.45) is 5.73 Å². The van der Waals surface area contributed by atoms with Gasteiger partial charge in [-0.2, -0.15) is 0 Å². The fourth-order valence-corrected chi connectivity index (χ4v) is 2.45. The van der Waals surface area contributed by atoms with E-state index in [1.165, 1.54) is 0 Å². The van der Waals surface area contributed by atoms with Crippen LogP contribution in [0, 0.1) is 0 Å². The average Bonchev–Trinajstić information content (AvgIpc) is 2.93. The van der Waals surface area contributed by atoms with E-state index < -0.39 is 6.04 Å². The number of amides is 1. The largest absolute Gasteiger partial charge is 0.394 e. The van der Waals surface area contributed by atoms with Crippen LogP contribution in [0.15, 0.2) is 30.3 Å². The first-order valence-corrected chi connectivity index (χ1v) is 6.38. The van der Waals surface area contributed by atoms with Gasteiger partial charge in [-0.3, -0.25) is 4.79 Å². The summed E-state index contributed by atoms with van der Waals surface area (Å²) in [6.45, 7) is 0.679. The zero-order chi connectivity index (χ0) is 13.7. The van der Waals surface area contributed by atoms with E-state index in [1.54, 1.807) is 4.90 Å². The van der Waals surface area contributed by atoms with Crippen LogP contribution in [0.25, 0.3) is 0 Å². The SMILES string of the molecule is [2H]N[C@@H](Cc1ccccc1)C(=O)N1CCC[C@H]1CO. The van der Waals surface area contributed by atoms with E-state index in [0.717, 1.165) is 18.4 Å². The minimum absolute atomic E-state index is 0.00178. The minimum atomic E-state index is -0.547. The number of carbonyl (C=O) groups is 1. The molecule has 0 unspecified atom stereocenters. The highest BCUT2D eigenvalue weighted by atomic mass is 16.3. The molecule has 0 spiro atoms. The van der Waals surface area contributed by atoms with Crippen molar-refractivity contribution in [2.45, 2.75) is 31.3 Å². The Hall–Kier alpha value is -1.39. The summed E-state index contributed by atoms with van der Waals surface area (Å²) in [6.07, 6.45) is 2.27. The van der Waals surface area contributed by atoms with E-state index in [-0.39, 0.29) is 18.6 Å². The second kappa shape index (κ2) is 5.98. The Morgan fingerprint density at radius 3 is 3.00 bits per heavy atom. The molecule has 0 aromatic heterocycles. The van der Waals surface area contributed by atoms with Crippen LogP contribution in [-0.4, -0.2) is 41.1 Å². The van der Waals surface area contributed by atoms with Gasteiger partial charge in [0.1, 0.15) is 1.41 Å². The molecule has 1 amide bonds. The predicted octanol–water partition coefficient (Wildman–Crippen LogP) is 0.540. The molecule has 4 heteroatoms. The third-order valence-electron chi connectivity index (χ3n) is 3.45. The van der Waals surface area contributed by atoms with Crippen LogP contribution < -0.4 is 5.73 Å². The van der Waals surface area contributed by atoms with Crippen molar-refractivity contribution in [3.63, 3.8) is 0 Å². The molecule has 0 saturated carbocycles. The number of benzene rings is 1. The topological polar surface area (TPSA) is 66.6 Å². The van der Waals surface area contributed by atoms with Crippen LogP contribution in [0.1, 0.15) is 18.4 Å². The summed E-state index contributed by atoms with van der Waals surface area (Å²) in [4.78, 5) is 14.1. The maximum atomic E-state index is 12.4. The van der Waals surface area contributed by atoms with Gasteiger partial charge >= 0.3 is 0 Å². The maximum absolute atomic E-state index is 12.4. The maximum Gasteiger partial charge on any atom is 0.240 e. The number of nitrogens with zero attached hydrogens (tertiary/aromatic N) is 1. The normalized spacial score (nSPS) is 21.7. The van der Waals surface area contributed by atoms with E-state index in [0.29, 0.717) is 13.0 Å². The fourth-order valence-electron chi connectivity index (χ4n) is 2.45. The number of aliphatic hydroxyl groups is 1. The molecular weight excluding hydrogens is 228 g/mol. The summed E-state index contributed by atoms with van der Waals surface area (Å²) in [6, 6.07) is 9.04. The first-order valence-electron chi connectivity index (χ1n) is 6.88. The predicted molar refractivity (Wildman–Crippen MR) is 69.9 cm³/mol. The van der Waals surface area contributed by atoms with Gasteiger partial charge in [0.05, 0.1) is 18.7 Å². The Balaban J connectivity index is 2.03. The minimum Gasteiger partial charge on any atom is -0.394 e. The zero-order valence-electron chi connectivity index (χ0n) is 11.4. The quantitative estimate of drug-likeness (QED) is 0.800. The van der Waals surface area contributed by atoms with Crippen molar-refractivity contribution >= 4 is 5.91 Å². The van der Waals surface area contributed by atoms with E-state index >= 15 is 0 Å². The van der Waals surface area contributed by atoms with Gasteiger partial charge in [0.15, 0.2) is 0 Å². The van der Waals surface area contributed by atoms with Crippen LogP contribution in [0.4, 0.5) is 0 Å². The average molecular weight is 249 g/mol. The molecule has 1 aliphatic rings. The van der Waals surface area contributed by atoms with Gasteiger partial charge in [-0.1, -0.05) is 30.3 Å². The van der Waals surface area contributed by atoms with E-state index in [1.807, 2.05) is 30.3 Å². The summed E-state index contributed by atoms with van der Waals surface area (Å²) >= 11 is 0. The first kappa shape index (κ1) is 11.7. The lowest BCUT2D eigenvalue weighted by molar-refractivity contribution is -0.134. The molecular formula is C14H20N2O2. The molecule has 2 rings (SSSR count). The highest BCUT2D eigenvalue weighted by molar-refractivity contribution is 5.82. The highest BCUT2D eigenvalue weighted by Gasteiger charge is 2.30. The second-order valence-corrected chi connectivity index (χ2v) is 4.75. The second-order valence-electron chi connectivity index (χ2n) is 4.75. The number of hydrogen-bond acceptors (Lipinski definition) is 3. The van der Waals surface area contributed by atoms with Crippen molar-refractivity contribution in [3.8, 4) is 0 Å². The summed E-state index contributed by atoms with van der Waals surface area (Å²) in [5, 5.41) is 9.27. The van der Waals surface area contributed by atoms with Crippen molar-refractivity contribution < 1.29 is 11.3 Å². The van der Waals surface area contributed by atoms with Gasteiger partial charge in [0.2, 0.25) is 5.91 Å². The van der Waals surface area contributed by atoms with E-state index in [4.69, 9.17) is 1.41 Å². The van der Waals surface area contributed by atoms with Crippen LogP contribution in [0.5, 0.6) is 0 Å². The molecule has 1 heterocycles. The summed E-state index contributed by atoms with van der Waals surface area (Å²) in [5.74, 6) is -0.0876. The molecule has 0 bridgehead atoms. The Labute approximate surface area is 109 Å². The smallest absolute Gasteiger partial charge is 0.240 e. The lowest BCUT2D eigenvalue weighted by atomic mass is 10.1. The molecule has 0 radical (unpaired) electrons. The molecule has 3 N–H and O–H groups in total. The van der Waals surface area contributed by atoms with Gasteiger partial charge in [-0.15, -0.1) is 0 Å². The summed E-state index contributed by atoms with van der Waals surface area (Å²) < 4.78 is 7.37. The number of carbonyl (C=O) groups excluding carboxylic acids is 1. The fraction of sp³-hybridized carbons (Fsp3) is 0.500. The van der Waals surface area contributed by atoms with Crippen molar-refractivity contribution in [1.82, 2.24) is 4.90 Å². The van der Waals surface area contributed by atoms with Crippen LogP contribution in [-0.2, 0) is 11.2 Å². The Morgan fingerprint density at radius 1 is 1.56 bits per heavy atom. The van der Waals surface area contributed by atoms with Gasteiger partial charge in [-0.05, 0) is 24.8 Å². The molecule has 1 fully saturated rings. The van der Waals surface area contributed by atoms with Gasteiger partial charge < -0.3 is 15.7 Å². The molecule has 18 heavy (non-hydrogen) atoms. The van der Waals surface area contributed by atoms with E-state index in [2.05, 4.69) is 5.73 Å². The molecule has 1 saturated heterocycles. The Kier molecular flexibility index (Phi) is 3.88. The molecule has 2 atom stereocenters. The number of likely N-dealkylation sites (tertiary alicyclic amines) is 1. The number of nitrogens with two attached hydrogens (primary N) is 1. The third kappa shape index (κ3) is 2.89. The number of rotatable bonds is 5. The lowest BCUT2D eigenvalue weighted by Crippen LogP contribution is -2.47. The van der Waals surface area contributed by atoms with Crippen LogP contribution in [0.2, 0.25) is 1.41 Å². The van der Waals surface area contributed by atoms with Crippen molar-refractivity contribution in [3.05, 3.63) is 35.9 Å². The summed E-state index contributed by atoms with van der Waals surface area (Å²) in [5.41, 5.74) is 3.38. The first-order chi connectivity index (χ1) is 9.26. The standard InChI is InChI=1S/C14H20N2O2/c15-13(9-11-5-2-1-3-6-11)14(18)16-8-4-7-12(16)10-17/h1-3,5-6,12-13,17H,4,7-10,15H2/t12-,13-/m0/s1/i/hD. The van der Waals surface area contributed by atoms with Crippen molar-refractivity contribution in [1.29, 1.82) is 0 Å². The molecule has 1 aromatic carbocycles. The van der Waals surface area contributed by atoms with E-state index in [9.17, 15) is 9.90 Å². The summed E-state index contributed by atoms with van der Waals surface area (Å²) in [7, 11) is 0. The van der Waals surface area contributed by atoms with Gasteiger partial charge in [0, 0.05) is 6.54 Å². The lowest BCUT2D eigenvalue weighted by Gasteiger charge is -2.26. The highest BCUT2D eigenvalue weighted by Crippen LogP contribution is 2.18. The monoisotopic (exact) mass is 249 g/mol. The van der Waals surface area contributed by atoms with Crippen LogP contribution in [0.3, 0.4) is 0 Å². The molecule has 1 aromatic rings. The number of aliphatic hydroxyl groups excluding tert-OH is 1. The molecule has 4 nitrogen and oxygen atoms in total. The van der Waals surface area contributed by atoms with Gasteiger partial charge in [-0.25, -0.2) is 0 Å². The Bertz CT molecular complexity index is 413. The molecule has 1 aliphatic heterocycles. The molecule has 98 valence electrons. The Morgan fingerprint density at radius 2 is 2.33 bits per heavy atom. The molecule has 0 aliphatic carbocycles. The third-order valence-corrected chi connectivity index (χ3v) is 3.45. The number of hydrogen-bond donors (Lipinski definition) is 2. The van der Waals surface area contributed by atoms with Gasteiger partial charge in [0.25, 0.3) is 0 Å². The van der Waals surface area contributed by atoms with Crippen LogP contribution >= 0.6 is 0 Å². The zero-order valence-corrected chi connectivity index (χ0v) is 10.4.